The molecule has 0 bridgehead atoms. The van der Waals surface area contributed by atoms with E-state index in [4.69, 9.17) is 11.6 Å². The van der Waals surface area contributed by atoms with Gasteiger partial charge in [-0.2, -0.15) is 0 Å². The normalized spacial score (nSPS) is 16.0. The highest BCUT2D eigenvalue weighted by molar-refractivity contribution is 7.14. The van der Waals surface area contributed by atoms with E-state index in [1.54, 1.807) is 11.3 Å². The molecule has 3 heterocycles. The Morgan fingerprint density at radius 3 is 2.81 bits per heavy atom. The lowest BCUT2D eigenvalue weighted by Crippen LogP contribution is -2.39. The van der Waals surface area contributed by atoms with E-state index in [1.165, 1.54) is 11.3 Å². The monoisotopic (exact) mass is 323 g/mol. The molecule has 0 spiro atoms. The number of hydrogen-bond acceptors (Lipinski definition) is 6. The number of nitrogens with zero attached hydrogens (tertiary/aromatic N) is 3. The molecule has 112 valence electrons. The van der Waals surface area contributed by atoms with Crippen LogP contribution in [-0.2, 0) is 0 Å². The molecule has 1 saturated heterocycles. The minimum atomic E-state index is 0.416. The van der Waals surface area contributed by atoms with Crippen LogP contribution in [0.2, 0.25) is 5.15 Å². The summed E-state index contributed by atoms with van der Waals surface area (Å²) >= 11 is 7.88. The van der Waals surface area contributed by atoms with Gasteiger partial charge in [0.1, 0.15) is 12.0 Å². The first-order chi connectivity index (χ1) is 10.3. The number of hydrogen-bond donors (Lipinski definition) is 2. The summed E-state index contributed by atoms with van der Waals surface area (Å²) in [4.78, 5) is 10.7. The maximum atomic E-state index is 6.08. The Bertz CT molecular complexity index is 581. The minimum Gasteiger partial charge on any atom is -0.383 e. The maximum Gasteiger partial charge on any atom is 0.157 e. The third kappa shape index (κ3) is 3.22. The minimum absolute atomic E-state index is 0.416. The molecule has 5 nitrogen and oxygen atoms in total. The quantitative estimate of drug-likeness (QED) is 0.845. The van der Waals surface area contributed by atoms with Gasteiger partial charge in [-0.1, -0.05) is 11.6 Å². The lowest BCUT2D eigenvalue weighted by Gasteiger charge is -2.33. The molecule has 0 aromatic carbocycles. The highest BCUT2D eigenvalue weighted by atomic mass is 35.5. The second-order valence-electron chi connectivity index (χ2n) is 5.00. The summed E-state index contributed by atoms with van der Waals surface area (Å²) in [7, 11) is 1.83. The number of rotatable bonds is 4. The summed E-state index contributed by atoms with van der Waals surface area (Å²) in [6, 6.07) is 4.70. The van der Waals surface area contributed by atoms with Gasteiger partial charge in [-0.25, -0.2) is 9.97 Å². The van der Waals surface area contributed by atoms with Crippen LogP contribution in [0.3, 0.4) is 0 Å². The Hall–Kier alpha value is -1.53. The summed E-state index contributed by atoms with van der Waals surface area (Å²) < 4.78 is 0. The Morgan fingerprint density at radius 2 is 2.14 bits per heavy atom. The van der Waals surface area contributed by atoms with Crippen LogP contribution < -0.4 is 15.5 Å². The van der Waals surface area contributed by atoms with Gasteiger partial charge in [-0.05, 0) is 30.4 Å². The molecule has 2 aromatic heterocycles. The van der Waals surface area contributed by atoms with E-state index in [0.717, 1.165) is 37.4 Å². The van der Waals surface area contributed by atoms with Crippen LogP contribution in [0.15, 0.2) is 23.8 Å². The van der Waals surface area contributed by atoms with Crippen LogP contribution >= 0.6 is 22.9 Å². The lowest BCUT2D eigenvalue weighted by atomic mass is 10.1. The lowest BCUT2D eigenvalue weighted by molar-refractivity contribution is 0.527. The predicted octanol–water partition coefficient (Wildman–Crippen LogP) is 3.31. The van der Waals surface area contributed by atoms with Crippen molar-refractivity contribution in [1.82, 2.24) is 9.97 Å². The van der Waals surface area contributed by atoms with Gasteiger partial charge in [-0.15, -0.1) is 11.3 Å². The van der Waals surface area contributed by atoms with Crippen molar-refractivity contribution in [2.75, 3.05) is 35.7 Å². The summed E-state index contributed by atoms with van der Waals surface area (Å²) in [5, 5.41) is 10.5. The smallest absolute Gasteiger partial charge is 0.157 e. The molecular formula is C14H18ClN5S. The molecule has 0 saturated carbocycles. The van der Waals surface area contributed by atoms with E-state index in [2.05, 4.69) is 43.0 Å². The highest BCUT2D eigenvalue weighted by Gasteiger charge is 2.21. The summed E-state index contributed by atoms with van der Waals surface area (Å²) in [6.07, 6.45) is 3.66. The zero-order valence-electron chi connectivity index (χ0n) is 11.8. The van der Waals surface area contributed by atoms with E-state index in [9.17, 15) is 0 Å². The van der Waals surface area contributed by atoms with Gasteiger partial charge in [0.15, 0.2) is 11.0 Å². The van der Waals surface area contributed by atoms with Gasteiger partial charge in [0.25, 0.3) is 0 Å². The molecule has 2 aromatic rings. The Morgan fingerprint density at radius 1 is 1.33 bits per heavy atom. The van der Waals surface area contributed by atoms with Gasteiger partial charge in [0, 0.05) is 26.2 Å². The molecule has 1 aliphatic rings. The molecule has 21 heavy (non-hydrogen) atoms. The van der Waals surface area contributed by atoms with E-state index >= 15 is 0 Å². The Labute approximate surface area is 133 Å². The first-order valence-electron chi connectivity index (χ1n) is 7.01. The van der Waals surface area contributed by atoms with Crippen molar-refractivity contribution < 1.29 is 0 Å². The molecular weight excluding hydrogens is 306 g/mol. The molecule has 1 fully saturated rings. The Balaban J connectivity index is 1.62. The standard InChI is InChI=1S/C14H18ClN5S/c1-16-12-13(15)17-9-18-14(12)19-10-4-6-20(7-5-10)11-3-2-8-21-11/h2-3,8-10,16H,4-7H2,1H3,(H,17,18,19). The average molecular weight is 324 g/mol. The second kappa shape index (κ2) is 6.49. The summed E-state index contributed by atoms with van der Waals surface area (Å²) in [6.45, 7) is 2.12. The van der Waals surface area contributed by atoms with Crippen molar-refractivity contribution in [2.24, 2.45) is 0 Å². The summed E-state index contributed by atoms with van der Waals surface area (Å²) in [5.74, 6) is 0.784. The fourth-order valence-corrected chi connectivity index (χ4v) is 3.60. The number of piperidine rings is 1. The van der Waals surface area contributed by atoms with E-state index in [1.807, 2.05) is 7.05 Å². The molecule has 1 aliphatic heterocycles. The van der Waals surface area contributed by atoms with Crippen LogP contribution in [-0.4, -0.2) is 36.1 Å². The molecule has 0 radical (unpaired) electrons. The van der Waals surface area contributed by atoms with Crippen LogP contribution in [0.25, 0.3) is 0 Å². The van der Waals surface area contributed by atoms with Gasteiger partial charge in [0.05, 0.1) is 5.00 Å². The third-order valence-electron chi connectivity index (χ3n) is 3.70. The van der Waals surface area contributed by atoms with Crippen molar-refractivity contribution in [3.05, 3.63) is 29.0 Å². The molecule has 3 rings (SSSR count). The number of anilines is 3. The van der Waals surface area contributed by atoms with Gasteiger partial charge in [0.2, 0.25) is 0 Å². The number of halogens is 1. The molecule has 0 amide bonds. The third-order valence-corrected chi connectivity index (χ3v) is 4.92. The molecule has 2 N–H and O–H groups in total. The van der Waals surface area contributed by atoms with Crippen molar-refractivity contribution >= 4 is 39.4 Å². The van der Waals surface area contributed by atoms with Gasteiger partial charge in [-0.3, -0.25) is 0 Å². The fraction of sp³-hybridized carbons (Fsp3) is 0.429. The maximum absolute atomic E-state index is 6.08. The predicted molar refractivity (Wildman–Crippen MR) is 89.8 cm³/mol. The first kappa shape index (κ1) is 14.4. The first-order valence-corrected chi connectivity index (χ1v) is 8.27. The van der Waals surface area contributed by atoms with Gasteiger partial charge < -0.3 is 15.5 Å². The number of aromatic nitrogens is 2. The molecule has 0 unspecified atom stereocenters. The largest absolute Gasteiger partial charge is 0.383 e. The van der Waals surface area contributed by atoms with Gasteiger partial charge >= 0.3 is 0 Å². The van der Waals surface area contributed by atoms with Crippen LogP contribution in [0.1, 0.15) is 12.8 Å². The van der Waals surface area contributed by atoms with Crippen molar-refractivity contribution in [3.8, 4) is 0 Å². The molecule has 7 heteroatoms. The van der Waals surface area contributed by atoms with Crippen molar-refractivity contribution in [1.29, 1.82) is 0 Å². The fourth-order valence-electron chi connectivity index (χ4n) is 2.58. The zero-order valence-corrected chi connectivity index (χ0v) is 13.4. The summed E-state index contributed by atoms with van der Waals surface area (Å²) in [5.41, 5.74) is 0.764. The zero-order chi connectivity index (χ0) is 14.7. The highest BCUT2D eigenvalue weighted by Crippen LogP contribution is 2.29. The molecule has 0 aliphatic carbocycles. The van der Waals surface area contributed by atoms with E-state index in [0.29, 0.717) is 11.2 Å². The van der Waals surface area contributed by atoms with Crippen molar-refractivity contribution in [2.45, 2.75) is 18.9 Å². The van der Waals surface area contributed by atoms with Crippen LogP contribution in [0.4, 0.5) is 16.5 Å². The SMILES string of the molecule is CNc1c(Cl)ncnc1NC1CCN(c2cccs2)CC1. The molecule has 0 atom stereocenters. The second-order valence-corrected chi connectivity index (χ2v) is 6.28. The van der Waals surface area contributed by atoms with Crippen LogP contribution in [0.5, 0.6) is 0 Å². The van der Waals surface area contributed by atoms with Crippen LogP contribution in [0, 0.1) is 0 Å². The van der Waals surface area contributed by atoms with E-state index in [-0.39, 0.29) is 0 Å². The number of nitrogens with one attached hydrogen (secondary N) is 2. The van der Waals surface area contributed by atoms with Crippen molar-refractivity contribution in [3.63, 3.8) is 0 Å². The van der Waals surface area contributed by atoms with E-state index < -0.39 is 0 Å². The topological polar surface area (TPSA) is 53.1 Å². The average Bonchev–Trinajstić information content (AvgIpc) is 3.03. The Kier molecular flexibility index (Phi) is 4.45. The number of thiophene rings is 1.